The second kappa shape index (κ2) is 5.65. The Kier molecular flexibility index (Phi) is 4.19. The average molecular weight is 234 g/mol. The highest BCUT2D eigenvalue weighted by molar-refractivity contribution is 5.30. The van der Waals surface area contributed by atoms with Gasteiger partial charge in [0.05, 0.1) is 12.2 Å². The zero-order valence-electron chi connectivity index (χ0n) is 10.8. The summed E-state index contributed by atoms with van der Waals surface area (Å²) >= 11 is 0. The summed E-state index contributed by atoms with van der Waals surface area (Å²) in [6.45, 7) is 5.09. The van der Waals surface area contributed by atoms with Gasteiger partial charge in [-0.3, -0.25) is 0 Å². The second-order valence-electron chi connectivity index (χ2n) is 5.15. The Morgan fingerprint density at radius 2 is 2.18 bits per heavy atom. The summed E-state index contributed by atoms with van der Waals surface area (Å²) in [5, 5.41) is 10.0. The number of rotatable bonds is 4. The molecule has 17 heavy (non-hydrogen) atoms. The van der Waals surface area contributed by atoms with E-state index in [2.05, 4.69) is 32.0 Å². The summed E-state index contributed by atoms with van der Waals surface area (Å²) in [5.41, 5.74) is 3.83. The maximum absolute atomic E-state index is 10.0. The molecule has 0 spiro atoms. The lowest BCUT2D eigenvalue weighted by Crippen LogP contribution is -2.19. The zero-order chi connectivity index (χ0) is 12.3. The number of aryl methyl sites for hydroxylation is 2. The number of hydrogen-bond donors (Lipinski definition) is 1. The molecular weight excluding hydrogens is 212 g/mol. The van der Waals surface area contributed by atoms with Crippen molar-refractivity contribution in [2.24, 2.45) is 0 Å². The van der Waals surface area contributed by atoms with Crippen LogP contribution in [0.4, 0.5) is 0 Å². The Hall–Kier alpha value is -0.860. The van der Waals surface area contributed by atoms with Crippen molar-refractivity contribution >= 4 is 0 Å². The highest BCUT2D eigenvalue weighted by atomic mass is 16.5. The summed E-state index contributed by atoms with van der Waals surface area (Å²) < 4.78 is 5.54. The van der Waals surface area contributed by atoms with E-state index in [1.165, 1.54) is 16.7 Å². The number of hydrogen-bond acceptors (Lipinski definition) is 2. The first kappa shape index (κ1) is 12.6. The van der Waals surface area contributed by atoms with E-state index in [0.29, 0.717) is 0 Å². The molecule has 2 unspecified atom stereocenters. The molecule has 1 aliphatic rings. The fourth-order valence-corrected chi connectivity index (χ4v) is 2.42. The van der Waals surface area contributed by atoms with E-state index in [-0.39, 0.29) is 12.2 Å². The molecule has 0 bridgehead atoms. The standard InChI is InChI=1S/C15H22O2/c1-11-5-6-13(8-12(11)2)9-14(16)10-15-4-3-7-17-15/h5-6,8,14-16H,3-4,7,9-10H2,1-2H3. The van der Waals surface area contributed by atoms with Crippen LogP contribution in [0.5, 0.6) is 0 Å². The predicted octanol–water partition coefficient (Wildman–Crippen LogP) is 2.78. The van der Waals surface area contributed by atoms with Crippen molar-refractivity contribution < 1.29 is 9.84 Å². The smallest absolute Gasteiger partial charge is 0.0605 e. The predicted molar refractivity (Wildman–Crippen MR) is 69.2 cm³/mol. The summed E-state index contributed by atoms with van der Waals surface area (Å²) in [6, 6.07) is 6.42. The lowest BCUT2D eigenvalue weighted by molar-refractivity contribution is 0.0541. The minimum Gasteiger partial charge on any atom is -0.393 e. The summed E-state index contributed by atoms with van der Waals surface area (Å²) in [7, 11) is 0. The molecule has 1 aromatic carbocycles. The molecule has 0 aromatic heterocycles. The minimum absolute atomic E-state index is 0.275. The summed E-state index contributed by atoms with van der Waals surface area (Å²) in [4.78, 5) is 0. The fraction of sp³-hybridized carbons (Fsp3) is 0.600. The third kappa shape index (κ3) is 3.55. The van der Waals surface area contributed by atoms with Crippen molar-refractivity contribution in [1.29, 1.82) is 0 Å². The first-order valence-electron chi connectivity index (χ1n) is 6.51. The van der Waals surface area contributed by atoms with Crippen molar-refractivity contribution in [2.45, 2.75) is 51.7 Å². The molecule has 94 valence electrons. The Bertz CT molecular complexity index is 367. The van der Waals surface area contributed by atoms with Crippen LogP contribution in [0.3, 0.4) is 0 Å². The van der Waals surface area contributed by atoms with Crippen LogP contribution >= 0.6 is 0 Å². The van der Waals surface area contributed by atoms with E-state index in [1.807, 2.05) is 0 Å². The van der Waals surface area contributed by atoms with E-state index >= 15 is 0 Å². The van der Waals surface area contributed by atoms with Crippen molar-refractivity contribution in [3.8, 4) is 0 Å². The van der Waals surface area contributed by atoms with Gasteiger partial charge in [0.15, 0.2) is 0 Å². The summed E-state index contributed by atoms with van der Waals surface area (Å²) in [6.07, 6.45) is 3.75. The molecular formula is C15H22O2. The maximum Gasteiger partial charge on any atom is 0.0605 e. The normalized spacial score (nSPS) is 21.7. The average Bonchev–Trinajstić information content (AvgIpc) is 2.76. The molecule has 0 aliphatic carbocycles. The van der Waals surface area contributed by atoms with Gasteiger partial charge >= 0.3 is 0 Å². The van der Waals surface area contributed by atoms with Gasteiger partial charge in [0.25, 0.3) is 0 Å². The van der Waals surface area contributed by atoms with Crippen molar-refractivity contribution in [3.63, 3.8) is 0 Å². The second-order valence-corrected chi connectivity index (χ2v) is 5.15. The zero-order valence-corrected chi connectivity index (χ0v) is 10.8. The topological polar surface area (TPSA) is 29.5 Å². The van der Waals surface area contributed by atoms with Crippen LogP contribution in [0.2, 0.25) is 0 Å². The quantitative estimate of drug-likeness (QED) is 0.868. The minimum atomic E-state index is -0.278. The largest absolute Gasteiger partial charge is 0.393 e. The molecule has 2 nitrogen and oxygen atoms in total. The van der Waals surface area contributed by atoms with E-state index in [4.69, 9.17) is 4.74 Å². The van der Waals surface area contributed by atoms with Gasteiger partial charge in [-0.25, -0.2) is 0 Å². The van der Waals surface area contributed by atoms with Gasteiger partial charge < -0.3 is 9.84 Å². The van der Waals surface area contributed by atoms with Crippen LogP contribution in [-0.2, 0) is 11.2 Å². The molecule has 0 saturated carbocycles. The molecule has 1 saturated heterocycles. The third-order valence-corrected chi connectivity index (χ3v) is 3.60. The molecule has 1 fully saturated rings. The Morgan fingerprint density at radius 3 is 2.82 bits per heavy atom. The number of ether oxygens (including phenoxy) is 1. The Morgan fingerprint density at radius 1 is 1.35 bits per heavy atom. The van der Waals surface area contributed by atoms with E-state index in [1.54, 1.807) is 0 Å². The van der Waals surface area contributed by atoms with Crippen LogP contribution in [0.15, 0.2) is 18.2 Å². The molecule has 0 amide bonds. The van der Waals surface area contributed by atoms with Crippen molar-refractivity contribution in [1.82, 2.24) is 0 Å². The molecule has 2 heteroatoms. The first-order chi connectivity index (χ1) is 8.15. The SMILES string of the molecule is Cc1ccc(CC(O)CC2CCCO2)cc1C. The van der Waals surface area contributed by atoms with Gasteiger partial charge in [-0.05, 0) is 56.2 Å². The molecule has 2 rings (SSSR count). The first-order valence-corrected chi connectivity index (χ1v) is 6.51. The number of aliphatic hydroxyl groups excluding tert-OH is 1. The van der Waals surface area contributed by atoms with Crippen LogP contribution in [-0.4, -0.2) is 23.9 Å². The molecule has 2 atom stereocenters. The molecule has 1 aliphatic heterocycles. The van der Waals surface area contributed by atoms with Gasteiger partial charge in [-0.15, -0.1) is 0 Å². The number of aliphatic hydroxyl groups is 1. The monoisotopic (exact) mass is 234 g/mol. The van der Waals surface area contributed by atoms with Crippen LogP contribution in [0.25, 0.3) is 0 Å². The van der Waals surface area contributed by atoms with Crippen molar-refractivity contribution in [3.05, 3.63) is 34.9 Å². The molecule has 1 N–H and O–H groups in total. The summed E-state index contributed by atoms with van der Waals surface area (Å²) in [5.74, 6) is 0. The van der Waals surface area contributed by atoms with Gasteiger partial charge in [0, 0.05) is 6.61 Å². The fourth-order valence-electron chi connectivity index (χ4n) is 2.42. The Balaban J connectivity index is 1.88. The maximum atomic E-state index is 10.0. The van der Waals surface area contributed by atoms with Crippen LogP contribution in [0.1, 0.15) is 36.0 Å². The van der Waals surface area contributed by atoms with Crippen LogP contribution < -0.4 is 0 Å². The van der Waals surface area contributed by atoms with Gasteiger partial charge in [0.1, 0.15) is 0 Å². The van der Waals surface area contributed by atoms with Gasteiger partial charge in [-0.1, -0.05) is 18.2 Å². The van der Waals surface area contributed by atoms with Crippen molar-refractivity contribution in [2.75, 3.05) is 6.61 Å². The highest BCUT2D eigenvalue weighted by Gasteiger charge is 2.19. The van der Waals surface area contributed by atoms with E-state index in [0.717, 1.165) is 32.3 Å². The lowest BCUT2D eigenvalue weighted by Gasteiger charge is -2.15. The van der Waals surface area contributed by atoms with Gasteiger partial charge in [-0.2, -0.15) is 0 Å². The highest BCUT2D eigenvalue weighted by Crippen LogP contribution is 2.19. The van der Waals surface area contributed by atoms with E-state index < -0.39 is 0 Å². The van der Waals surface area contributed by atoms with E-state index in [9.17, 15) is 5.11 Å². The third-order valence-electron chi connectivity index (χ3n) is 3.60. The number of benzene rings is 1. The molecule has 0 radical (unpaired) electrons. The van der Waals surface area contributed by atoms with Gasteiger partial charge in [0.2, 0.25) is 0 Å². The lowest BCUT2D eigenvalue weighted by atomic mass is 9.99. The Labute approximate surface area is 104 Å². The van der Waals surface area contributed by atoms with Crippen LogP contribution in [0, 0.1) is 13.8 Å². The molecule has 1 aromatic rings. The molecule has 1 heterocycles.